The number of amides is 2. The second-order valence-corrected chi connectivity index (χ2v) is 6.62. The van der Waals surface area contributed by atoms with Gasteiger partial charge in [0.25, 0.3) is 5.91 Å². The van der Waals surface area contributed by atoms with Crippen LogP contribution in [-0.4, -0.2) is 30.9 Å². The molecule has 0 aliphatic carbocycles. The molecule has 0 aliphatic heterocycles. The molecule has 27 heavy (non-hydrogen) atoms. The lowest BCUT2D eigenvalue weighted by molar-refractivity contribution is -0.118. The highest BCUT2D eigenvalue weighted by Crippen LogP contribution is 2.13. The summed E-state index contributed by atoms with van der Waals surface area (Å²) in [6.45, 7) is 5.63. The number of hydrogen-bond donors (Lipinski definition) is 2. The molecule has 0 aromatic heterocycles. The molecule has 142 valence electrons. The maximum Gasteiger partial charge on any atom is 0.337 e. The summed E-state index contributed by atoms with van der Waals surface area (Å²) in [4.78, 5) is 36.6. The van der Waals surface area contributed by atoms with Crippen molar-refractivity contribution >= 4 is 23.5 Å². The van der Waals surface area contributed by atoms with E-state index in [9.17, 15) is 14.4 Å². The second-order valence-electron chi connectivity index (χ2n) is 6.62. The lowest BCUT2D eigenvalue weighted by Gasteiger charge is -2.22. The number of benzene rings is 2. The molecule has 2 aromatic carbocycles. The molecule has 2 N–H and O–H groups in total. The second kappa shape index (κ2) is 8.98. The zero-order valence-electron chi connectivity index (χ0n) is 15.9. The monoisotopic (exact) mass is 368 g/mol. The third kappa shape index (κ3) is 5.41. The van der Waals surface area contributed by atoms with Gasteiger partial charge in [-0.15, -0.1) is 0 Å². The van der Waals surface area contributed by atoms with Gasteiger partial charge in [-0.2, -0.15) is 0 Å². The molecule has 0 heterocycles. The van der Waals surface area contributed by atoms with Gasteiger partial charge in [-0.05, 0) is 49.2 Å². The molecule has 2 rings (SSSR count). The third-order valence-electron chi connectivity index (χ3n) is 4.09. The van der Waals surface area contributed by atoms with Gasteiger partial charge in [-0.3, -0.25) is 9.59 Å². The molecular weight excluding hydrogens is 344 g/mol. The van der Waals surface area contributed by atoms with Gasteiger partial charge >= 0.3 is 5.97 Å². The van der Waals surface area contributed by atoms with E-state index < -0.39 is 12.0 Å². The fourth-order valence-electron chi connectivity index (χ4n) is 2.57. The maximum absolute atomic E-state index is 12.6. The number of aryl methyl sites for hydroxylation is 1. The average molecular weight is 368 g/mol. The first-order valence-electron chi connectivity index (χ1n) is 8.68. The van der Waals surface area contributed by atoms with Crippen LogP contribution in [-0.2, 0) is 9.53 Å². The van der Waals surface area contributed by atoms with Crippen molar-refractivity contribution in [1.29, 1.82) is 0 Å². The summed E-state index contributed by atoms with van der Waals surface area (Å²) in [6.07, 6.45) is 0. The summed E-state index contributed by atoms with van der Waals surface area (Å²) in [6, 6.07) is 12.9. The Hall–Kier alpha value is -3.15. The van der Waals surface area contributed by atoms with E-state index in [1.807, 2.05) is 26.8 Å². The molecule has 2 amide bonds. The van der Waals surface area contributed by atoms with Crippen LogP contribution in [0.3, 0.4) is 0 Å². The SMILES string of the molecule is COC(=O)c1ccc(NC(=O)C(NC(=O)c2cccc(C)c2)C(C)C)cc1. The largest absolute Gasteiger partial charge is 0.465 e. The van der Waals surface area contributed by atoms with Crippen LogP contribution >= 0.6 is 0 Å². The first-order valence-corrected chi connectivity index (χ1v) is 8.68. The predicted octanol–water partition coefficient (Wildman–Crippen LogP) is 3.17. The van der Waals surface area contributed by atoms with Crippen molar-refractivity contribution in [1.82, 2.24) is 5.32 Å². The third-order valence-corrected chi connectivity index (χ3v) is 4.09. The molecule has 6 nitrogen and oxygen atoms in total. The van der Waals surface area contributed by atoms with E-state index in [1.165, 1.54) is 7.11 Å². The Bertz CT molecular complexity index is 828. The maximum atomic E-state index is 12.6. The fourth-order valence-corrected chi connectivity index (χ4v) is 2.57. The fraction of sp³-hybridized carbons (Fsp3) is 0.286. The van der Waals surface area contributed by atoms with Gasteiger partial charge in [0.2, 0.25) is 5.91 Å². The van der Waals surface area contributed by atoms with Crippen molar-refractivity contribution in [3.05, 3.63) is 65.2 Å². The van der Waals surface area contributed by atoms with E-state index in [0.29, 0.717) is 16.8 Å². The molecular formula is C21H24N2O4. The molecule has 6 heteroatoms. The van der Waals surface area contributed by atoms with Crippen molar-refractivity contribution in [2.75, 3.05) is 12.4 Å². The molecule has 0 saturated carbocycles. The summed E-state index contributed by atoms with van der Waals surface area (Å²) >= 11 is 0. The highest BCUT2D eigenvalue weighted by molar-refractivity contribution is 6.01. The number of esters is 1. The number of carbonyl (C=O) groups is 3. The quantitative estimate of drug-likeness (QED) is 0.767. The van der Waals surface area contributed by atoms with Crippen LogP contribution in [0.5, 0.6) is 0 Å². The first kappa shape index (κ1) is 20.2. The van der Waals surface area contributed by atoms with E-state index in [0.717, 1.165) is 5.56 Å². The molecule has 1 unspecified atom stereocenters. The zero-order chi connectivity index (χ0) is 20.0. The van der Waals surface area contributed by atoms with Gasteiger partial charge in [-0.25, -0.2) is 4.79 Å². The highest BCUT2D eigenvalue weighted by atomic mass is 16.5. The Labute approximate surface area is 158 Å². The van der Waals surface area contributed by atoms with Crippen LogP contribution in [0.25, 0.3) is 0 Å². The Kier molecular flexibility index (Phi) is 6.71. The Morgan fingerprint density at radius 2 is 1.63 bits per heavy atom. The standard InChI is InChI=1S/C21H24N2O4/c1-13(2)18(23-19(24)16-7-5-6-14(3)12-16)20(25)22-17-10-8-15(9-11-17)21(26)27-4/h5-13,18H,1-4H3,(H,22,25)(H,23,24). The van der Waals surface area contributed by atoms with E-state index in [1.54, 1.807) is 42.5 Å². The van der Waals surface area contributed by atoms with Gasteiger partial charge < -0.3 is 15.4 Å². The van der Waals surface area contributed by atoms with E-state index in [2.05, 4.69) is 15.4 Å². The van der Waals surface area contributed by atoms with Crippen molar-refractivity contribution in [3.63, 3.8) is 0 Å². The minimum atomic E-state index is -0.696. The van der Waals surface area contributed by atoms with E-state index in [4.69, 9.17) is 0 Å². The normalized spacial score (nSPS) is 11.6. The van der Waals surface area contributed by atoms with E-state index in [-0.39, 0.29) is 17.7 Å². The van der Waals surface area contributed by atoms with Crippen molar-refractivity contribution < 1.29 is 19.1 Å². The van der Waals surface area contributed by atoms with Crippen molar-refractivity contribution in [3.8, 4) is 0 Å². The molecule has 1 atom stereocenters. The summed E-state index contributed by atoms with van der Waals surface area (Å²) < 4.78 is 4.65. The summed E-state index contributed by atoms with van der Waals surface area (Å²) in [5, 5.41) is 5.56. The van der Waals surface area contributed by atoms with Gasteiger partial charge in [0, 0.05) is 11.3 Å². The van der Waals surface area contributed by atoms with Crippen LogP contribution < -0.4 is 10.6 Å². The lowest BCUT2D eigenvalue weighted by atomic mass is 10.0. The summed E-state index contributed by atoms with van der Waals surface area (Å²) in [5.74, 6) is -1.17. The van der Waals surface area contributed by atoms with Crippen LogP contribution in [0.1, 0.15) is 40.1 Å². The number of methoxy groups -OCH3 is 1. The number of carbonyl (C=O) groups excluding carboxylic acids is 3. The molecule has 2 aromatic rings. The molecule has 0 aliphatic rings. The lowest BCUT2D eigenvalue weighted by Crippen LogP contribution is -2.47. The molecule has 0 bridgehead atoms. The minimum absolute atomic E-state index is 0.104. The number of ether oxygens (including phenoxy) is 1. The predicted molar refractivity (Wildman–Crippen MR) is 104 cm³/mol. The van der Waals surface area contributed by atoms with Gasteiger partial charge in [0.1, 0.15) is 6.04 Å². The first-order chi connectivity index (χ1) is 12.8. The topological polar surface area (TPSA) is 84.5 Å². The Morgan fingerprint density at radius 1 is 0.963 bits per heavy atom. The average Bonchev–Trinajstić information content (AvgIpc) is 2.65. The molecule has 0 radical (unpaired) electrons. The van der Waals surface area contributed by atoms with Gasteiger partial charge in [-0.1, -0.05) is 31.5 Å². The minimum Gasteiger partial charge on any atom is -0.465 e. The zero-order valence-corrected chi connectivity index (χ0v) is 15.9. The van der Waals surface area contributed by atoms with E-state index >= 15 is 0 Å². The molecule has 0 fully saturated rings. The van der Waals surface area contributed by atoms with Crippen LogP contribution in [0.4, 0.5) is 5.69 Å². The Balaban J connectivity index is 2.08. The van der Waals surface area contributed by atoms with Crippen LogP contribution in [0.2, 0.25) is 0 Å². The Morgan fingerprint density at radius 3 is 2.19 bits per heavy atom. The van der Waals surface area contributed by atoms with Gasteiger partial charge in [0.15, 0.2) is 0 Å². The molecule has 0 spiro atoms. The summed E-state index contributed by atoms with van der Waals surface area (Å²) in [5.41, 5.74) is 2.40. The number of rotatable bonds is 6. The van der Waals surface area contributed by atoms with Gasteiger partial charge in [0.05, 0.1) is 12.7 Å². The highest BCUT2D eigenvalue weighted by Gasteiger charge is 2.25. The number of anilines is 1. The van der Waals surface area contributed by atoms with Crippen LogP contribution in [0, 0.1) is 12.8 Å². The van der Waals surface area contributed by atoms with Crippen molar-refractivity contribution in [2.24, 2.45) is 5.92 Å². The smallest absolute Gasteiger partial charge is 0.337 e. The van der Waals surface area contributed by atoms with Crippen molar-refractivity contribution in [2.45, 2.75) is 26.8 Å². The number of nitrogens with one attached hydrogen (secondary N) is 2. The molecule has 0 saturated heterocycles. The summed E-state index contributed by atoms with van der Waals surface area (Å²) in [7, 11) is 1.31. The number of hydrogen-bond acceptors (Lipinski definition) is 4. The van der Waals surface area contributed by atoms with Crippen LogP contribution in [0.15, 0.2) is 48.5 Å².